The van der Waals surface area contributed by atoms with E-state index in [1.807, 2.05) is 30.5 Å². The summed E-state index contributed by atoms with van der Waals surface area (Å²) >= 11 is 0. The standard InChI is InChI=1S/C20H21N5O2/c1-24(20(26)27-13-15-4-7-21-8-5-15)18-3-2-16-6-9-25(19(16)10-18)12-17-11-22-14-23-17/h2-5,7-8,10-11,14H,6,9,12-13H2,1H3,(H,22,23). The maximum atomic E-state index is 12.4. The highest BCUT2D eigenvalue weighted by atomic mass is 16.6. The molecule has 0 unspecified atom stereocenters. The van der Waals surface area contributed by atoms with Crippen LogP contribution in [0.2, 0.25) is 0 Å². The minimum Gasteiger partial charge on any atom is -0.444 e. The Balaban J connectivity index is 1.45. The van der Waals surface area contributed by atoms with E-state index in [2.05, 4.69) is 25.9 Å². The van der Waals surface area contributed by atoms with Crippen molar-refractivity contribution in [2.24, 2.45) is 0 Å². The molecule has 3 heterocycles. The average molecular weight is 363 g/mol. The van der Waals surface area contributed by atoms with Crippen molar-refractivity contribution >= 4 is 17.5 Å². The average Bonchev–Trinajstić information content (AvgIpc) is 3.36. The molecule has 0 spiro atoms. The second-order valence-electron chi connectivity index (χ2n) is 6.51. The van der Waals surface area contributed by atoms with Crippen LogP contribution < -0.4 is 9.80 Å². The summed E-state index contributed by atoms with van der Waals surface area (Å²) in [5.41, 5.74) is 5.14. The molecule has 1 aliphatic heterocycles. The number of fused-ring (bicyclic) bond motifs is 1. The summed E-state index contributed by atoms with van der Waals surface area (Å²) in [5.74, 6) is 0. The second kappa shape index (κ2) is 7.49. The van der Waals surface area contributed by atoms with Gasteiger partial charge in [0.25, 0.3) is 0 Å². The van der Waals surface area contributed by atoms with Gasteiger partial charge in [-0.3, -0.25) is 9.88 Å². The van der Waals surface area contributed by atoms with E-state index >= 15 is 0 Å². The Labute approximate surface area is 157 Å². The van der Waals surface area contributed by atoms with Crippen LogP contribution in [0, 0.1) is 0 Å². The van der Waals surface area contributed by atoms with E-state index in [1.165, 1.54) is 10.5 Å². The number of H-pyrrole nitrogens is 1. The van der Waals surface area contributed by atoms with Crippen LogP contribution in [0.1, 0.15) is 16.8 Å². The molecule has 1 amide bonds. The lowest BCUT2D eigenvalue weighted by molar-refractivity contribution is 0.148. The molecule has 7 heteroatoms. The van der Waals surface area contributed by atoms with Crippen LogP contribution >= 0.6 is 0 Å². The molecule has 0 aliphatic carbocycles. The third-order valence-electron chi connectivity index (χ3n) is 4.74. The minimum absolute atomic E-state index is 0.224. The van der Waals surface area contributed by atoms with Crippen molar-refractivity contribution in [3.8, 4) is 0 Å². The van der Waals surface area contributed by atoms with Crippen molar-refractivity contribution < 1.29 is 9.53 Å². The Morgan fingerprint density at radius 3 is 2.93 bits per heavy atom. The quantitative estimate of drug-likeness (QED) is 0.754. The predicted molar refractivity (Wildman–Crippen MR) is 103 cm³/mol. The molecule has 4 rings (SSSR count). The molecule has 2 aromatic heterocycles. The van der Waals surface area contributed by atoms with Gasteiger partial charge in [-0.2, -0.15) is 0 Å². The highest BCUT2D eigenvalue weighted by Gasteiger charge is 2.22. The van der Waals surface area contributed by atoms with E-state index in [4.69, 9.17) is 4.74 Å². The summed E-state index contributed by atoms with van der Waals surface area (Å²) in [5, 5.41) is 0. The number of amides is 1. The number of hydrogen-bond donors (Lipinski definition) is 1. The number of pyridine rings is 1. The molecular formula is C20H21N5O2. The molecule has 0 saturated carbocycles. The van der Waals surface area contributed by atoms with Gasteiger partial charge in [-0.15, -0.1) is 0 Å². The summed E-state index contributed by atoms with van der Waals surface area (Å²) in [6.45, 7) is 1.92. The molecule has 1 aromatic carbocycles. The number of nitrogens with zero attached hydrogens (tertiary/aromatic N) is 4. The van der Waals surface area contributed by atoms with E-state index in [1.54, 1.807) is 25.8 Å². The van der Waals surface area contributed by atoms with Crippen LogP contribution in [0.3, 0.4) is 0 Å². The van der Waals surface area contributed by atoms with Crippen molar-refractivity contribution in [2.45, 2.75) is 19.6 Å². The molecule has 7 nitrogen and oxygen atoms in total. The van der Waals surface area contributed by atoms with E-state index < -0.39 is 0 Å². The number of nitrogens with one attached hydrogen (secondary N) is 1. The minimum atomic E-state index is -0.386. The summed E-state index contributed by atoms with van der Waals surface area (Å²) in [4.78, 5) is 27.5. The van der Waals surface area contributed by atoms with E-state index in [0.29, 0.717) is 0 Å². The molecule has 138 valence electrons. The van der Waals surface area contributed by atoms with Crippen LogP contribution in [0.15, 0.2) is 55.2 Å². The van der Waals surface area contributed by atoms with Crippen LogP contribution in [0.5, 0.6) is 0 Å². The number of anilines is 2. The molecular weight excluding hydrogens is 342 g/mol. The first kappa shape index (κ1) is 17.1. The lowest BCUT2D eigenvalue weighted by Crippen LogP contribution is -2.27. The third kappa shape index (κ3) is 3.76. The Kier molecular flexibility index (Phi) is 4.74. The largest absolute Gasteiger partial charge is 0.444 e. The number of carbonyl (C=O) groups excluding carboxylic acids is 1. The maximum absolute atomic E-state index is 12.4. The highest BCUT2D eigenvalue weighted by molar-refractivity contribution is 5.88. The van der Waals surface area contributed by atoms with Gasteiger partial charge < -0.3 is 14.6 Å². The van der Waals surface area contributed by atoms with Crippen molar-refractivity contribution in [1.82, 2.24) is 15.0 Å². The van der Waals surface area contributed by atoms with Gasteiger partial charge in [0, 0.05) is 43.6 Å². The summed E-state index contributed by atoms with van der Waals surface area (Å²) in [7, 11) is 1.73. The third-order valence-corrected chi connectivity index (χ3v) is 4.74. The molecule has 0 bridgehead atoms. The molecule has 0 fully saturated rings. The fourth-order valence-electron chi connectivity index (χ4n) is 3.21. The summed E-state index contributed by atoms with van der Waals surface area (Å²) < 4.78 is 5.41. The van der Waals surface area contributed by atoms with Crippen LogP contribution in [-0.4, -0.2) is 34.6 Å². The number of imidazole rings is 1. The van der Waals surface area contributed by atoms with Crippen LogP contribution in [0.4, 0.5) is 16.2 Å². The van der Waals surface area contributed by atoms with Gasteiger partial charge in [0.1, 0.15) is 6.61 Å². The maximum Gasteiger partial charge on any atom is 0.414 e. The number of aromatic nitrogens is 3. The van der Waals surface area contributed by atoms with Gasteiger partial charge in [0.15, 0.2) is 0 Å². The van der Waals surface area contributed by atoms with E-state index in [9.17, 15) is 4.79 Å². The molecule has 0 saturated heterocycles. The Morgan fingerprint density at radius 1 is 1.30 bits per heavy atom. The Morgan fingerprint density at radius 2 is 2.15 bits per heavy atom. The van der Waals surface area contributed by atoms with Gasteiger partial charge >= 0.3 is 6.09 Å². The first-order valence-electron chi connectivity index (χ1n) is 8.85. The molecule has 0 radical (unpaired) electrons. The lowest BCUT2D eigenvalue weighted by atomic mass is 10.1. The molecule has 1 N–H and O–H groups in total. The van der Waals surface area contributed by atoms with Crippen molar-refractivity contribution in [3.05, 3.63) is 72.1 Å². The zero-order valence-electron chi connectivity index (χ0n) is 15.1. The van der Waals surface area contributed by atoms with E-state index in [-0.39, 0.29) is 12.7 Å². The number of rotatable bonds is 5. The number of hydrogen-bond acceptors (Lipinski definition) is 5. The fraction of sp³-hybridized carbons (Fsp3) is 0.250. The molecule has 0 atom stereocenters. The normalized spacial score (nSPS) is 12.7. The number of benzene rings is 1. The van der Waals surface area contributed by atoms with Crippen LogP contribution in [-0.2, 0) is 24.3 Å². The number of carbonyl (C=O) groups is 1. The van der Waals surface area contributed by atoms with Gasteiger partial charge in [0.2, 0.25) is 0 Å². The highest BCUT2D eigenvalue weighted by Crippen LogP contribution is 2.33. The van der Waals surface area contributed by atoms with Crippen molar-refractivity contribution in [2.75, 3.05) is 23.4 Å². The second-order valence-corrected chi connectivity index (χ2v) is 6.51. The Hall–Kier alpha value is -3.35. The monoisotopic (exact) mass is 363 g/mol. The van der Waals surface area contributed by atoms with Gasteiger partial charge in [0.05, 0.1) is 18.6 Å². The van der Waals surface area contributed by atoms with Gasteiger partial charge in [-0.05, 0) is 41.8 Å². The summed E-state index contributed by atoms with van der Waals surface area (Å²) in [6, 6.07) is 9.75. The lowest BCUT2D eigenvalue weighted by Gasteiger charge is -2.22. The smallest absolute Gasteiger partial charge is 0.414 e. The Bertz CT molecular complexity index is 911. The van der Waals surface area contributed by atoms with Gasteiger partial charge in [-0.1, -0.05) is 6.07 Å². The first-order valence-corrected chi connectivity index (χ1v) is 8.85. The summed E-state index contributed by atoms with van der Waals surface area (Å²) in [6.07, 6.45) is 7.57. The van der Waals surface area contributed by atoms with Crippen LogP contribution in [0.25, 0.3) is 0 Å². The molecule has 3 aromatic rings. The predicted octanol–water partition coefficient (Wildman–Crippen LogP) is 3.14. The zero-order valence-corrected chi connectivity index (χ0v) is 15.1. The molecule has 1 aliphatic rings. The zero-order chi connectivity index (χ0) is 18.6. The number of aromatic amines is 1. The van der Waals surface area contributed by atoms with Crippen molar-refractivity contribution in [3.63, 3.8) is 0 Å². The first-order chi connectivity index (χ1) is 13.2. The SMILES string of the molecule is CN(C(=O)OCc1ccncc1)c1ccc2c(c1)N(Cc1c[nH]cn1)CC2. The molecule has 27 heavy (non-hydrogen) atoms. The number of ether oxygens (including phenoxy) is 1. The topological polar surface area (TPSA) is 74.4 Å². The van der Waals surface area contributed by atoms with E-state index in [0.717, 1.165) is 42.1 Å². The fourth-order valence-corrected chi connectivity index (χ4v) is 3.21. The van der Waals surface area contributed by atoms with Gasteiger partial charge in [-0.25, -0.2) is 9.78 Å². The van der Waals surface area contributed by atoms with Crippen molar-refractivity contribution in [1.29, 1.82) is 0 Å².